The standard InChI is InChI=1S/C13H22O4/c1-5-10(14)7-8-12(15)17-11(6-2)13(16)9(3)4/h9,11H,5-8H2,1-4H3. The Morgan fingerprint density at radius 1 is 1.06 bits per heavy atom. The molecule has 4 nitrogen and oxygen atoms in total. The van der Waals surface area contributed by atoms with Crippen LogP contribution >= 0.6 is 0 Å². The summed E-state index contributed by atoms with van der Waals surface area (Å²) in [5, 5.41) is 0. The molecule has 0 N–H and O–H groups in total. The molecule has 0 rings (SSSR count). The molecule has 0 aliphatic rings. The Kier molecular flexibility index (Phi) is 7.42. The van der Waals surface area contributed by atoms with Gasteiger partial charge in [-0.25, -0.2) is 0 Å². The lowest BCUT2D eigenvalue weighted by atomic mass is 10.0. The highest BCUT2D eigenvalue weighted by Gasteiger charge is 2.23. The molecule has 0 bridgehead atoms. The van der Waals surface area contributed by atoms with Crippen molar-refractivity contribution in [1.29, 1.82) is 0 Å². The normalized spacial score (nSPS) is 12.3. The fraction of sp³-hybridized carbons (Fsp3) is 0.769. The van der Waals surface area contributed by atoms with E-state index in [9.17, 15) is 14.4 Å². The second-order valence-corrected chi connectivity index (χ2v) is 4.34. The highest BCUT2D eigenvalue weighted by atomic mass is 16.5. The van der Waals surface area contributed by atoms with Crippen molar-refractivity contribution in [2.24, 2.45) is 5.92 Å². The van der Waals surface area contributed by atoms with E-state index in [-0.39, 0.29) is 30.3 Å². The fourth-order valence-corrected chi connectivity index (χ4v) is 1.35. The first kappa shape index (κ1) is 15.8. The number of hydrogen-bond donors (Lipinski definition) is 0. The third-order valence-electron chi connectivity index (χ3n) is 2.53. The Labute approximate surface area is 103 Å². The van der Waals surface area contributed by atoms with Crippen LogP contribution in [0.5, 0.6) is 0 Å². The van der Waals surface area contributed by atoms with Gasteiger partial charge in [-0.3, -0.25) is 14.4 Å². The minimum absolute atomic E-state index is 0.0326. The predicted octanol–water partition coefficient (Wildman–Crippen LogP) is 2.29. The summed E-state index contributed by atoms with van der Waals surface area (Å²) in [5.74, 6) is -0.648. The van der Waals surface area contributed by atoms with Crippen LogP contribution < -0.4 is 0 Å². The maximum Gasteiger partial charge on any atom is 0.306 e. The fourth-order valence-electron chi connectivity index (χ4n) is 1.35. The second-order valence-electron chi connectivity index (χ2n) is 4.34. The van der Waals surface area contributed by atoms with Gasteiger partial charge in [0.25, 0.3) is 0 Å². The van der Waals surface area contributed by atoms with Crippen LogP contribution in [-0.2, 0) is 19.1 Å². The summed E-state index contributed by atoms with van der Waals surface area (Å²) in [5.41, 5.74) is 0. The topological polar surface area (TPSA) is 60.4 Å². The summed E-state index contributed by atoms with van der Waals surface area (Å²) in [6, 6.07) is 0. The molecule has 0 aromatic carbocycles. The molecule has 0 fully saturated rings. The van der Waals surface area contributed by atoms with Gasteiger partial charge < -0.3 is 4.74 Å². The summed E-state index contributed by atoms with van der Waals surface area (Å²) >= 11 is 0. The minimum atomic E-state index is -0.667. The summed E-state index contributed by atoms with van der Waals surface area (Å²) < 4.78 is 5.08. The number of ketones is 2. The molecule has 1 unspecified atom stereocenters. The van der Waals surface area contributed by atoms with Gasteiger partial charge in [-0.1, -0.05) is 27.7 Å². The summed E-state index contributed by atoms with van der Waals surface area (Å²) in [4.78, 5) is 34.1. The van der Waals surface area contributed by atoms with E-state index in [0.717, 1.165) is 0 Å². The first-order valence-electron chi connectivity index (χ1n) is 6.17. The molecule has 0 heterocycles. The molecule has 0 amide bonds. The molecule has 0 aliphatic carbocycles. The third-order valence-corrected chi connectivity index (χ3v) is 2.53. The highest BCUT2D eigenvalue weighted by molar-refractivity contribution is 5.88. The number of hydrogen-bond acceptors (Lipinski definition) is 4. The minimum Gasteiger partial charge on any atom is -0.454 e. The molecule has 0 aliphatic heterocycles. The van der Waals surface area contributed by atoms with Crippen LogP contribution in [0.15, 0.2) is 0 Å². The van der Waals surface area contributed by atoms with Crippen LogP contribution in [0.4, 0.5) is 0 Å². The maximum atomic E-state index is 11.7. The Morgan fingerprint density at radius 3 is 2.06 bits per heavy atom. The Hall–Kier alpha value is -1.19. The van der Waals surface area contributed by atoms with Gasteiger partial charge >= 0.3 is 5.97 Å². The van der Waals surface area contributed by atoms with E-state index in [0.29, 0.717) is 12.8 Å². The third kappa shape index (κ3) is 6.19. The van der Waals surface area contributed by atoms with Gasteiger partial charge in [-0.05, 0) is 6.42 Å². The van der Waals surface area contributed by atoms with E-state index in [4.69, 9.17) is 4.74 Å². The number of carbonyl (C=O) groups is 3. The smallest absolute Gasteiger partial charge is 0.306 e. The van der Waals surface area contributed by atoms with E-state index in [1.165, 1.54) is 0 Å². The van der Waals surface area contributed by atoms with Crippen LogP contribution in [0.25, 0.3) is 0 Å². The van der Waals surface area contributed by atoms with Gasteiger partial charge in [0.1, 0.15) is 5.78 Å². The van der Waals surface area contributed by atoms with E-state index >= 15 is 0 Å². The largest absolute Gasteiger partial charge is 0.454 e. The van der Waals surface area contributed by atoms with Crippen LogP contribution in [0.3, 0.4) is 0 Å². The molecule has 0 aromatic rings. The molecular weight excluding hydrogens is 220 g/mol. The number of rotatable bonds is 8. The summed E-state index contributed by atoms with van der Waals surface area (Å²) in [6.45, 7) is 7.11. The maximum absolute atomic E-state index is 11.7. The zero-order valence-electron chi connectivity index (χ0n) is 11.1. The van der Waals surface area contributed by atoms with Crippen molar-refractivity contribution >= 4 is 17.5 Å². The average Bonchev–Trinajstić information content (AvgIpc) is 2.31. The first-order chi connectivity index (χ1) is 7.92. The lowest BCUT2D eigenvalue weighted by molar-refractivity contribution is -0.156. The molecule has 0 aromatic heterocycles. The van der Waals surface area contributed by atoms with Crippen molar-refractivity contribution in [2.45, 2.75) is 59.5 Å². The molecule has 0 saturated carbocycles. The quantitative estimate of drug-likeness (QED) is 0.613. The molecule has 98 valence electrons. The number of esters is 1. The van der Waals surface area contributed by atoms with Gasteiger partial charge in [-0.15, -0.1) is 0 Å². The van der Waals surface area contributed by atoms with Crippen molar-refractivity contribution in [2.75, 3.05) is 0 Å². The number of ether oxygens (including phenoxy) is 1. The Morgan fingerprint density at radius 2 is 1.65 bits per heavy atom. The van der Waals surface area contributed by atoms with Crippen molar-refractivity contribution in [3.63, 3.8) is 0 Å². The van der Waals surface area contributed by atoms with Gasteiger partial charge in [0.05, 0.1) is 6.42 Å². The molecule has 17 heavy (non-hydrogen) atoms. The average molecular weight is 242 g/mol. The lowest BCUT2D eigenvalue weighted by Crippen LogP contribution is -2.30. The van der Waals surface area contributed by atoms with Gasteiger partial charge in [0.2, 0.25) is 0 Å². The monoisotopic (exact) mass is 242 g/mol. The number of Topliss-reactive ketones (excluding diaryl/α,β-unsaturated/α-hetero) is 2. The second kappa shape index (κ2) is 7.98. The van der Waals surface area contributed by atoms with Crippen LogP contribution in [-0.4, -0.2) is 23.6 Å². The van der Waals surface area contributed by atoms with Gasteiger partial charge in [0.15, 0.2) is 11.9 Å². The van der Waals surface area contributed by atoms with Crippen LogP contribution in [0, 0.1) is 5.92 Å². The van der Waals surface area contributed by atoms with E-state index in [1.54, 1.807) is 27.7 Å². The number of carbonyl (C=O) groups excluding carboxylic acids is 3. The van der Waals surface area contributed by atoms with Crippen molar-refractivity contribution < 1.29 is 19.1 Å². The van der Waals surface area contributed by atoms with Crippen molar-refractivity contribution in [3.05, 3.63) is 0 Å². The van der Waals surface area contributed by atoms with Gasteiger partial charge in [0, 0.05) is 18.8 Å². The van der Waals surface area contributed by atoms with Crippen molar-refractivity contribution in [3.8, 4) is 0 Å². The Bertz CT molecular complexity index is 281. The Balaban J connectivity index is 4.16. The molecular formula is C13H22O4. The molecule has 1 atom stereocenters. The predicted molar refractivity (Wildman–Crippen MR) is 64.5 cm³/mol. The van der Waals surface area contributed by atoms with Gasteiger partial charge in [-0.2, -0.15) is 0 Å². The zero-order chi connectivity index (χ0) is 13.4. The van der Waals surface area contributed by atoms with E-state index < -0.39 is 12.1 Å². The van der Waals surface area contributed by atoms with E-state index in [1.807, 2.05) is 0 Å². The molecule has 0 spiro atoms. The zero-order valence-corrected chi connectivity index (χ0v) is 11.1. The molecule has 4 heteroatoms. The van der Waals surface area contributed by atoms with Crippen LogP contribution in [0.2, 0.25) is 0 Å². The highest BCUT2D eigenvalue weighted by Crippen LogP contribution is 2.09. The van der Waals surface area contributed by atoms with Crippen LogP contribution in [0.1, 0.15) is 53.4 Å². The first-order valence-corrected chi connectivity index (χ1v) is 6.17. The molecule has 0 radical (unpaired) electrons. The van der Waals surface area contributed by atoms with Crippen molar-refractivity contribution in [1.82, 2.24) is 0 Å². The SMILES string of the molecule is CCC(=O)CCC(=O)OC(CC)C(=O)C(C)C. The van der Waals surface area contributed by atoms with E-state index in [2.05, 4.69) is 0 Å². The summed E-state index contributed by atoms with van der Waals surface area (Å²) in [6.07, 6.45) is 0.495. The summed E-state index contributed by atoms with van der Waals surface area (Å²) in [7, 11) is 0. The molecule has 0 saturated heterocycles. The lowest BCUT2D eigenvalue weighted by Gasteiger charge is -2.16.